The van der Waals surface area contributed by atoms with Crippen LogP contribution in [0, 0.1) is 0 Å². The maximum absolute atomic E-state index is 7.19. The van der Waals surface area contributed by atoms with E-state index < -0.39 is 8.07 Å². The van der Waals surface area contributed by atoms with Crippen molar-refractivity contribution < 1.29 is 8.83 Å². The molecule has 14 aromatic rings. The van der Waals surface area contributed by atoms with E-state index in [9.17, 15) is 0 Å². The van der Waals surface area contributed by atoms with Gasteiger partial charge in [-0.1, -0.05) is 152 Å². The molecule has 0 radical (unpaired) electrons. The first-order chi connectivity index (χ1) is 32.3. The van der Waals surface area contributed by atoms with E-state index in [0.717, 1.165) is 71.7 Å². The van der Waals surface area contributed by atoms with E-state index in [4.69, 9.17) is 8.83 Å². The lowest BCUT2D eigenvalue weighted by Gasteiger charge is -2.34. The first-order valence-electron chi connectivity index (χ1n) is 22.1. The van der Waals surface area contributed by atoms with Crippen molar-refractivity contribution in [1.82, 2.24) is 14.1 Å². The van der Waals surface area contributed by atoms with E-state index in [-0.39, 0.29) is 0 Å². The fraction of sp³-hybridized carbons (Fsp3) is 0. The summed E-state index contributed by atoms with van der Waals surface area (Å²) in [5.41, 5.74) is 10.3. The largest absolute Gasteiger partial charge is 0.456 e. The van der Waals surface area contributed by atoms with Gasteiger partial charge in [-0.05, 0) is 81.4 Å². The quantitative estimate of drug-likeness (QED) is 0.124. The third-order valence-electron chi connectivity index (χ3n) is 13.8. The Hall–Kier alpha value is -8.45. The predicted octanol–water partition coefficient (Wildman–Crippen LogP) is 12.5. The van der Waals surface area contributed by atoms with E-state index in [2.05, 4.69) is 226 Å². The van der Waals surface area contributed by atoms with Crippen molar-refractivity contribution in [2.24, 2.45) is 0 Å². The Morgan fingerprint density at radius 3 is 1.25 bits per heavy atom. The number of benzene rings is 9. The molecule has 0 spiro atoms. The summed E-state index contributed by atoms with van der Waals surface area (Å²) in [6, 6.07) is 76.9. The molecule has 0 aliphatic heterocycles. The number of aromatic nitrogens is 3. The molecule has 6 heteroatoms. The Morgan fingerprint density at radius 2 is 0.754 bits per heavy atom. The Morgan fingerprint density at radius 1 is 0.338 bits per heavy atom. The Kier molecular flexibility index (Phi) is 7.64. The third kappa shape index (κ3) is 5.05. The summed E-state index contributed by atoms with van der Waals surface area (Å²) in [5.74, 6) is 0. The minimum Gasteiger partial charge on any atom is -0.456 e. The number of nitrogens with zero attached hydrogens (tertiary/aromatic N) is 3. The van der Waals surface area contributed by atoms with Gasteiger partial charge in [-0.2, -0.15) is 0 Å². The van der Waals surface area contributed by atoms with Crippen molar-refractivity contribution in [3.8, 4) is 11.4 Å². The minimum absolute atomic E-state index is 0.849. The van der Waals surface area contributed by atoms with Gasteiger partial charge in [0.1, 0.15) is 22.3 Å². The lowest BCUT2D eigenvalue weighted by atomic mass is 10.1. The Bertz CT molecular complexity index is 3820. The van der Waals surface area contributed by atoms with Gasteiger partial charge in [0.05, 0.1) is 22.1 Å². The van der Waals surface area contributed by atoms with E-state index in [1.54, 1.807) is 0 Å². The van der Waals surface area contributed by atoms with Gasteiger partial charge in [0.15, 0.2) is 8.07 Å². The van der Waals surface area contributed by atoms with Gasteiger partial charge in [-0.3, -0.25) is 4.98 Å². The molecule has 0 saturated heterocycles. The first kappa shape index (κ1) is 36.1. The molecule has 5 nitrogen and oxygen atoms in total. The molecule has 65 heavy (non-hydrogen) atoms. The van der Waals surface area contributed by atoms with Crippen LogP contribution in [0.2, 0.25) is 0 Å². The van der Waals surface area contributed by atoms with Crippen LogP contribution in [0.1, 0.15) is 0 Å². The zero-order valence-electron chi connectivity index (χ0n) is 35.0. The second kappa shape index (κ2) is 13.8. The second-order valence-electron chi connectivity index (χ2n) is 17.0. The number of para-hydroxylation sites is 5. The Labute approximate surface area is 373 Å². The summed E-state index contributed by atoms with van der Waals surface area (Å²) in [6.45, 7) is 0. The highest BCUT2D eigenvalue weighted by Gasteiger charge is 2.45. The lowest BCUT2D eigenvalue weighted by molar-refractivity contribution is 0.670. The number of rotatable bonds is 6. The van der Waals surface area contributed by atoms with Gasteiger partial charge in [0.2, 0.25) is 0 Å². The summed E-state index contributed by atoms with van der Waals surface area (Å²) in [4.78, 5) is 4.49. The molecule has 5 aromatic heterocycles. The van der Waals surface area contributed by atoms with Gasteiger partial charge >= 0.3 is 0 Å². The normalized spacial score (nSPS) is 12.3. The average Bonchev–Trinajstić information content (AvgIpc) is 4.13. The van der Waals surface area contributed by atoms with Crippen LogP contribution in [0.3, 0.4) is 0 Å². The highest BCUT2D eigenvalue weighted by Crippen LogP contribution is 2.38. The lowest BCUT2D eigenvalue weighted by Crippen LogP contribution is -2.75. The van der Waals surface area contributed by atoms with Crippen molar-refractivity contribution in [2.45, 2.75) is 0 Å². The Balaban J connectivity index is 1.04. The molecule has 9 aromatic carbocycles. The highest BCUT2D eigenvalue weighted by molar-refractivity contribution is 7.21. The van der Waals surface area contributed by atoms with Gasteiger partial charge < -0.3 is 18.0 Å². The monoisotopic (exact) mass is 847 g/mol. The molecule has 0 aliphatic rings. The molecule has 0 N–H and O–H groups in total. The van der Waals surface area contributed by atoms with E-state index in [1.807, 2.05) is 12.4 Å². The zero-order valence-corrected chi connectivity index (χ0v) is 36.0. The van der Waals surface area contributed by atoms with E-state index >= 15 is 0 Å². The fourth-order valence-electron chi connectivity index (χ4n) is 11.0. The molecule has 14 rings (SSSR count). The molecule has 0 unspecified atom stereocenters. The van der Waals surface area contributed by atoms with Gasteiger partial charge in [0, 0.05) is 66.9 Å². The molecular formula is C59H37N3O2Si. The average molecular weight is 848 g/mol. The van der Waals surface area contributed by atoms with Gasteiger partial charge in [-0.15, -0.1) is 0 Å². The van der Waals surface area contributed by atoms with Crippen LogP contribution >= 0.6 is 0 Å². The van der Waals surface area contributed by atoms with Crippen LogP contribution in [-0.2, 0) is 0 Å². The van der Waals surface area contributed by atoms with E-state index in [1.165, 1.54) is 47.9 Å². The maximum Gasteiger partial charge on any atom is 0.188 e. The van der Waals surface area contributed by atoms with Crippen LogP contribution in [-0.4, -0.2) is 22.2 Å². The molecule has 0 fully saturated rings. The van der Waals surface area contributed by atoms with Gasteiger partial charge in [0.25, 0.3) is 0 Å². The van der Waals surface area contributed by atoms with Crippen LogP contribution < -0.4 is 20.7 Å². The van der Waals surface area contributed by atoms with Gasteiger partial charge in [-0.25, -0.2) is 0 Å². The summed E-state index contributed by atoms with van der Waals surface area (Å²) in [7, 11) is -3.24. The highest BCUT2D eigenvalue weighted by atomic mass is 28.3. The van der Waals surface area contributed by atoms with Crippen molar-refractivity contribution in [1.29, 1.82) is 0 Å². The number of furan rings is 2. The smallest absolute Gasteiger partial charge is 0.188 e. The number of hydrogen-bond acceptors (Lipinski definition) is 3. The summed E-state index contributed by atoms with van der Waals surface area (Å²) >= 11 is 0. The zero-order chi connectivity index (χ0) is 42.6. The molecule has 0 bridgehead atoms. The predicted molar refractivity (Wildman–Crippen MR) is 271 cm³/mol. The van der Waals surface area contributed by atoms with Crippen molar-refractivity contribution in [3.63, 3.8) is 0 Å². The van der Waals surface area contributed by atoms with Crippen LogP contribution in [0.4, 0.5) is 0 Å². The first-order valence-corrected chi connectivity index (χ1v) is 24.1. The number of pyridine rings is 1. The second-order valence-corrected chi connectivity index (χ2v) is 20.8. The molecule has 304 valence electrons. The molecular weight excluding hydrogens is 811 g/mol. The SMILES string of the molecule is c1ccc([Si](c2ccccc2)(c2cccc3c2oc2ccc(-n4c5ccccc5c5ccccc54)cc23)c2cccc3c2oc2ccc(-n4c5ccccc5c5cnccc54)cc23)cc1. The van der Waals surface area contributed by atoms with E-state index in [0.29, 0.717) is 0 Å². The summed E-state index contributed by atoms with van der Waals surface area (Å²) in [6.07, 6.45) is 3.84. The topological polar surface area (TPSA) is 49.0 Å². The molecule has 0 saturated carbocycles. The molecule has 0 amide bonds. The number of hydrogen-bond donors (Lipinski definition) is 0. The van der Waals surface area contributed by atoms with Crippen LogP contribution in [0.25, 0.3) is 98.9 Å². The van der Waals surface area contributed by atoms with Crippen molar-refractivity contribution in [2.75, 3.05) is 0 Å². The molecule has 0 aliphatic carbocycles. The maximum atomic E-state index is 7.19. The summed E-state index contributed by atoms with van der Waals surface area (Å²) in [5, 5.41) is 14.0. The van der Waals surface area contributed by atoms with Crippen molar-refractivity contribution >= 4 is 116 Å². The molecule has 5 heterocycles. The van der Waals surface area contributed by atoms with Crippen LogP contribution in [0.5, 0.6) is 0 Å². The van der Waals surface area contributed by atoms with Crippen LogP contribution in [0.15, 0.2) is 234 Å². The van der Waals surface area contributed by atoms with Crippen molar-refractivity contribution in [3.05, 3.63) is 225 Å². The fourth-order valence-corrected chi connectivity index (χ4v) is 16.0. The number of fused-ring (bicyclic) bond motifs is 12. The standard InChI is InChI=1S/C59H37N3O2Si/c1-3-15-40(16-4-1)65(41-17-5-2-6-18-41,56-27-13-22-45-47-35-38(29-31-54(47)63-58(45)56)61-50-24-10-7-19-42(50)43-20-8-11-25-51(43)61)57-28-14-23-46-48-36-39(30-32-55(48)64-59(46)57)62-52-26-12-9-21-44(52)49-37-60-34-33-53(49)62/h1-37H. The molecule has 0 atom stereocenters. The summed E-state index contributed by atoms with van der Waals surface area (Å²) < 4.78 is 19.1. The third-order valence-corrected chi connectivity index (χ3v) is 18.6. The minimum atomic E-state index is -3.24.